The molecule has 0 aliphatic carbocycles. The van der Waals surface area contributed by atoms with Crippen molar-refractivity contribution < 1.29 is 9.59 Å². The fraction of sp³-hybridized carbons (Fsp3) is 0.733. The maximum Gasteiger partial charge on any atom is 0.228 e. The molecule has 0 N–H and O–H groups in total. The Labute approximate surface area is 125 Å². The lowest BCUT2D eigenvalue weighted by Crippen LogP contribution is -2.44. The lowest BCUT2D eigenvalue weighted by atomic mass is 10.1. The van der Waals surface area contributed by atoms with Gasteiger partial charge in [-0.3, -0.25) is 9.59 Å². The van der Waals surface area contributed by atoms with Crippen LogP contribution in [0.2, 0.25) is 0 Å². The normalized spacial score (nSPS) is 18.2. The van der Waals surface area contributed by atoms with Crippen molar-refractivity contribution in [3.8, 4) is 12.1 Å². The van der Waals surface area contributed by atoms with Crippen LogP contribution in [0.3, 0.4) is 0 Å². The first-order valence-corrected chi connectivity index (χ1v) is 7.14. The van der Waals surface area contributed by atoms with E-state index in [1.54, 1.807) is 4.90 Å². The van der Waals surface area contributed by atoms with Crippen molar-refractivity contribution in [1.82, 2.24) is 9.80 Å². The number of likely N-dealkylation sites (tertiary alicyclic amines) is 1. The van der Waals surface area contributed by atoms with E-state index in [9.17, 15) is 9.59 Å². The number of rotatable bonds is 5. The highest BCUT2D eigenvalue weighted by Gasteiger charge is 2.40. The fourth-order valence-corrected chi connectivity index (χ4v) is 2.48. The third-order valence-electron chi connectivity index (χ3n) is 3.58. The third-order valence-corrected chi connectivity index (χ3v) is 3.58. The molecule has 1 rings (SSSR count). The van der Waals surface area contributed by atoms with E-state index < -0.39 is 0 Å². The molecule has 0 aromatic carbocycles. The minimum absolute atomic E-state index is 0.0126. The number of nitrogens with zero attached hydrogens (tertiary/aromatic N) is 4. The highest BCUT2D eigenvalue weighted by molar-refractivity contribution is 5.89. The van der Waals surface area contributed by atoms with E-state index in [0.717, 1.165) is 0 Å². The minimum Gasteiger partial charge on any atom is -0.340 e. The Hall–Kier alpha value is -2.08. The number of nitriles is 2. The van der Waals surface area contributed by atoms with E-state index in [-0.39, 0.29) is 42.5 Å². The molecular formula is C15H22N4O2. The molecule has 1 aliphatic rings. The molecule has 0 radical (unpaired) electrons. The van der Waals surface area contributed by atoms with Gasteiger partial charge in [0.2, 0.25) is 11.8 Å². The van der Waals surface area contributed by atoms with Gasteiger partial charge >= 0.3 is 0 Å². The topological polar surface area (TPSA) is 88.2 Å². The van der Waals surface area contributed by atoms with Gasteiger partial charge in [0.05, 0.1) is 30.9 Å². The molecule has 0 spiro atoms. The van der Waals surface area contributed by atoms with Gasteiger partial charge in [-0.05, 0) is 20.8 Å². The molecule has 1 heterocycles. The van der Waals surface area contributed by atoms with Gasteiger partial charge in [-0.15, -0.1) is 0 Å². The summed E-state index contributed by atoms with van der Waals surface area (Å²) in [5.74, 6) is -0.504. The van der Waals surface area contributed by atoms with Gasteiger partial charge in [-0.2, -0.15) is 10.5 Å². The van der Waals surface area contributed by atoms with Gasteiger partial charge in [0.1, 0.15) is 0 Å². The van der Waals surface area contributed by atoms with Crippen molar-refractivity contribution >= 4 is 11.8 Å². The van der Waals surface area contributed by atoms with E-state index in [1.165, 1.54) is 4.90 Å². The second kappa shape index (κ2) is 7.08. The van der Waals surface area contributed by atoms with Crippen LogP contribution in [0.5, 0.6) is 0 Å². The maximum absolute atomic E-state index is 12.5. The number of amides is 2. The Morgan fingerprint density at radius 1 is 1.29 bits per heavy atom. The summed E-state index contributed by atoms with van der Waals surface area (Å²) in [6.45, 7) is 6.88. The first-order chi connectivity index (χ1) is 9.81. The molecule has 21 heavy (non-hydrogen) atoms. The summed E-state index contributed by atoms with van der Waals surface area (Å²) in [6, 6.07) is 4.02. The van der Waals surface area contributed by atoms with Crippen molar-refractivity contribution in [2.45, 2.75) is 45.6 Å². The fourth-order valence-electron chi connectivity index (χ4n) is 2.48. The molecule has 6 heteroatoms. The molecule has 1 aliphatic heterocycles. The highest BCUT2D eigenvalue weighted by atomic mass is 16.2. The van der Waals surface area contributed by atoms with E-state index in [1.807, 2.05) is 32.9 Å². The average molecular weight is 290 g/mol. The molecule has 2 amide bonds. The zero-order valence-corrected chi connectivity index (χ0v) is 12.9. The van der Waals surface area contributed by atoms with E-state index in [0.29, 0.717) is 19.6 Å². The van der Waals surface area contributed by atoms with E-state index in [2.05, 4.69) is 0 Å². The molecule has 0 bridgehead atoms. The van der Waals surface area contributed by atoms with Crippen LogP contribution in [0.1, 0.15) is 40.0 Å². The summed E-state index contributed by atoms with van der Waals surface area (Å²) in [7, 11) is 0. The Bertz CT molecular complexity index is 463. The first-order valence-electron chi connectivity index (χ1n) is 7.14. The predicted octanol–water partition coefficient (Wildman–Crippen LogP) is 1.29. The molecule has 1 fully saturated rings. The van der Waals surface area contributed by atoms with Crippen molar-refractivity contribution in [2.75, 3.05) is 19.6 Å². The second-order valence-corrected chi connectivity index (χ2v) is 6.22. The summed E-state index contributed by atoms with van der Waals surface area (Å²) in [6.07, 6.45) is 0.688. The summed E-state index contributed by atoms with van der Waals surface area (Å²) in [5.41, 5.74) is -0.295. The van der Waals surface area contributed by atoms with E-state index in [4.69, 9.17) is 10.5 Å². The van der Waals surface area contributed by atoms with Gasteiger partial charge in [0, 0.05) is 31.6 Å². The monoisotopic (exact) mass is 290 g/mol. The summed E-state index contributed by atoms with van der Waals surface area (Å²) >= 11 is 0. The molecule has 114 valence electrons. The molecular weight excluding hydrogens is 268 g/mol. The van der Waals surface area contributed by atoms with Crippen LogP contribution in [-0.4, -0.2) is 46.8 Å². The predicted molar refractivity (Wildman–Crippen MR) is 76.6 cm³/mol. The molecule has 0 unspecified atom stereocenters. The molecule has 0 aromatic rings. The molecule has 1 atom stereocenters. The average Bonchev–Trinajstić information content (AvgIpc) is 2.80. The molecule has 1 saturated heterocycles. The van der Waals surface area contributed by atoms with E-state index >= 15 is 0 Å². The van der Waals surface area contributed by atoms with Gasteiger partial charge < -0.3 is 9.80 Å². The van der Waals surface area contributed by atoms with Gasteiger partial charge in [0.15, 0.2) is 0 Å². The number of hydrogen-bond donors (Lipinski definition) is 0. The zero-order valence-electron chi connectivity index (χ0n) is 12.9. The van der Waals surface area contributed by atoms with Crippen LogP contribution in [0.25, 0.3) is 0 Å². The third kappa shape index (κ3) is 4.46. The van der Waals surface area contributed by atoms with Gasteiger partial charge in [-0.1, -0.05) is 0 Å². The van der Waals surface area contributed by atoms with Crippen LogP contribution in [0.4, 0.5) is 0 Å². The lowest BCUT2D eigenvalue weighted by Gasteiger charge is -2.32. The van der Waals surface area contributed by atoms with Crippen molar-refractivity contribution in [3.05, 3.63) is 0 Å². The van der Waals surface area contributed by atoms with Crippen LogP contribution in [0, 0.1) is 28.6 Å². The van der Waals surface area contributed by atoms with Crippen molar-refractivity contribution in [3.63, 3.8) is 0 Å². The SMILES string of the molecule is CC(C)(C)N1C[C@@H](C(=O)N(CCC#N)CCC#N)CC1=O. The smallest absolute Gasteiger partial charge is 0.228 e. The Balaban J connectivity index is 2.74. The summed E-state index contributed by atoms with van der Waals surface area (Å²) < 4.78 is 0. The molecule has 0 aromatic heterocycles. The Morgan fingerprint density at radius 2 is 1.81 bits per heavy atom. The number of carbonyl (C=O) groups excluding carboxylic acids is 2. The van der Waals surface area contributed by atoms with Crippen LogP contribution < -0.4 is 0 Å². The molecule has 0 saturated carbocycles. The number of hydrogen-bond acceptors (Lipinski definition) is 4. The Morgan fingerprint density at radius 3 is 2.19 bits per heavy atom. The van der Waals surface area contributed by atoms with Crippen LogP contribution >= 0.6 is 0 Å². The second-order valence-electron chi connectivity index (χ2n) is 6.22. The Kier molecular flexibility index (Phi) is 5.72. The molecule has 6 nitrogen and oxygen atoms in total. The van der Waals surface area contributed by atoms with Gasteiger partial charge in [-0.25, -0.2) is 0 Å². The zero-order chi connectivity index (χ0) is 16.0. The summed E-state index contributed by atoms with van der Waals surface area (Å²) in [5, 5.41) is 17.3. The van der Waals surface area contributed by atoms with Gasteiger partial charge in [0.25, 0.3) is 0 Å². The number of carbonyl (C=O) groups is 2. The maximum atomic E-state index is 12.5. The standard InChI is InChI=1S/C15H22N4O2/c1-15(2,3)19-11-12(10-13(19)20)14(21)18(8-4-6-16)9-5-7-17/h12H,4-5,8-11H2,1-3H3/t12-/m0/s1. The van der Waals surface area contributed by atoms with Crippen LogP contribution in [-0.2, 0) is 9.59 Å². The lowest BCUT2D eigenvalue weighted by molar-refractivity contribution is -0.135. The first kappa shape index (κ1) is 17.0. The van der Waals surface area contributed by atoms with Crippen molar-refractivity contribution in [2.24, 2.45) is 5.92 Å². The highest BCUT2D eigenvalue weighted by Crippen LogP contribution is 2.27. The minimum atomic E-state index is -0.367. The van der Waals surface area contributed by atoms with Crippen LogP contribution in [0.15, 0.2) is 0 Å². The largest absolute Gasteiger partial charge is 0.340 e. The van der Waals surface area contributed by atoms with Crippen molar-refractivity contribution in [1.29, 1.82) is 10.5 Å². The quantitative estimate of drug-likeness (QED) is 0.763. The summed E-state index contributed by atoms with van der Waals surface area (Å²) in [4.78, 5) is 27.8.